The number of hydrogen-bond acceptors (Lipinski definition) is 4. The number of hydrogen-bond donors (Lipinski definition) is 1. The summed E-state index contributed by atoms with van der Waals surface area (Å²) in [6.07, 6.45) is -0.116. The molecule has 0 aliphatic carbocycles. The number of rotatable bonds is 5. The number of carbonyl (C=O) groups is 1. The third-order valence-corrected chi connectivity index (χ3v) is 4.68. The summed E-state index contributed by atoms with van der Waals surface area (Å²) in [5, 5.41) is 4.93. The van der Waals surface area contributed by atoms with Crippen molar-refractivity contribution in [3.05, 3.63) is 58.0 Å². The highest BCUT2D eigenvalue weighted by atomic mass is 32.1. The number of nitrogens with zero attached hydrogens (tertiary/aromatic N) is 1. The molecule has 3 rings (SSSR count). The number of amides is 1. The van der Waals surface area contributed by atoms with Crippen LogP contribution in [0.1, 0.15) is 16.5 Å². The van der Waals surface area contributed by atoms with Crippen LogP contribution in [-0.4, -0.2) is 37.0 Å². The van der Waals surface area contributed by atoms with Crippen molar-refractivity contribution in [3.8, 4) is 0 Å². The summed E-state index contributed by atoms with van der Waals surface area (Å²) in [7, 11) is 0. The fraction of sp³-hybridized carbons (Fsp3) is 0.353. The van der Waals surface area contributed by atoms with E-state index in [4.69, 9.17) is 4.74 Å². The molecule has 1 fully saturated rings. The summed E-state index contributed by atoms with van der Waals surface area (Å²) in [5.74, 6) is -0.243. The number of halogens is 1. The Hall–Kier alpha value is -1.76. The Kier molecular flexibility index (Phi) is 5.38. The van der Waals surface area contributed by atoms with E-state index in [0.717, 1.165) is 17.0 Å². The second-order valence-corrected chi connectivity index (χ2v) is 6.53. The quantitative estimate of drug-likeness (QED) is 0.914. The van der Waals surface area contributed by atoms with Gasteiger partial charge in [-0.2, -0.15) is 0 Å². The molecule has 6 heteroatoms. The summed E-state index contributed by atoms with van der Waals surface area (Å²) < 4.78 is 18.7. The molecule has 2 heterocycles. The van der Waals surface area contributed by atoms with Gasteiger partial charge in [-0.1, -0.05) is 18.2 Å². The lowest BCUT2D eigenvalue weighted by molar-refractivity contribution is -0.124. The molecule has 1 aliphatic heterocycles. The van der Waals surface area contributed by atoms with E-state index in [9.17, 15) is 9.18 Å². The third-order valence-electron chi connectivity index (χ3n) is 3.80. The van der Waals surface area contributed by atoms with Crippen molar-refractivity contribution in [3.63, 3.8) is 0 Å². The number of carbonyl (C=O) groups excluding carboxylic acids is 1. The third kappa shape index (κ3) is 4.60. The van der Waals surface area contributed by atoms with Crippen molar-refractivity contribution >= 4 is 17.2 Å². The molecular weight excluding hydrogens is 315 g/mol. The zero-order valence-corrected chi connectivity index (χ0v) is 13.5. The highest BCUT2D eigenvalue weighted by Gasteiger charge is 2.23. The maximum absolute atomic E-state index is 13.0. The van der Waals surface area contributed by atoms with E-state index in [1.807, 2.05) is 17.5 Å². The lowest BCUT2D eigenvalue weighted by Crippen LogP contribution is -2.44. The van der Waals surface area contributed by atoms with Gasteiger partial charge in [-0.3, -0.25) is 9.69 Å². The molecule has 0 saturated carbocycles. The lowest BCUT2D eigenvalue weighted by Gasteiger charge is -2.32. The van der Waals surface area contributed by atoms with Gasteiger partial charge in [0.2, 0.25) is 5.91 Å². The van der Waals surface area contributed by atoms with Crippen LogP contribution in [0.2, 0.25) is 0 Å². The van der Waals surface area contributed by atoms with Gasteiger partial charge in [0.1, 0.15) is 5.82 Å². The Balaban J connectivity index is 1.50. The second-order valence-electron chi connectivity index (χ2n) is 5.50. The monoisotopic (exact) mass is 334 g/mol. The minimum atomic E-state index is -0.255. The summed E-state index contributed by atoms with van der Waals surface area (Å²) in [4.78, 5) is 15.3. The van der Waals surface area contributed by atoms with Gasteiger partial charge < -0.3 is 10.1 Å². The summed E-state index contributed by atoms with van der Waals surface area (Å²) in [5.41, 5.74) is 0.940. The number of thiophene rings is 1. The largest absolute Gasteiger partial charge is 0.371 e. The van der Waals surface area contributed by atoms with Crippen LogP contribution in [-0.2, 0) is 16.1 Å². The van der Waals surface area contributed by atoms with Crippen LogP contribution in [0.4, 0.5) is 4.39 Å². The molecule has 0 radical (unpaired) electrons. The summed E-state index contributed by atoms with van der Waals surface area (Å²) >= 11 is 1.63. The van der Waals surface area contributed by atoms with Gasteiger partial charge in [0.15, 0.2) is 0 Å². The lowest BCUT2D eigenvalue weighted by atomic mass is 10.1. The Morgan fingerprint density at radius 1 is 1.35 bits per heavy atom. The average Bonchev–Trinajstić information content (AvgIpc) is 3.07. The zero-order valence-electron chi connectivity index (χ0n) is 12.7. The van der Waals surface area contributed by atoms with Crippen molar-refractivity contribution in [2.75, 3.05) is 26.2 Å². The summed E-state index contributed by atoms with van der Waals surface area (Å²) in [6.45, 7) is 2.86. The molecule has 0 spiro atoms. The fourth-order valence-electron chi connectivity index (χ4n) is 2.58. The molecular formula is C17H19FN2O2S. The topological polar surface area (TPSA) is 41.6 Å². The first-order valence-electron chi connectivity index (χ1n) is 7.59. The molecule has 1 amide bonds. The van der Waals surface area contributed by atoms with Crippen molar-refractivity contribution in [2.45, 2.75) is 12.6 Å². The van der Waals surface area contributed by atoms with Crippen LogP contribution in [0.15, 0.2) is 41.8 Å². The first-order valence-corrected chi connectivity index (χ1v) is 8.47. The predicted octanol–water partition coefficient (Wildman–Crippen LogP) is 2.58. The van der Waals surface area contributed by atoms with Crippen LogP contribution in [0.3, 0.4) is 0 Å². The Morgan fingerprint density at radius 3 is 2.91 bits per heavy atom. The maximum atomic E-state index is 13.0. The number of benzene rings is 1. The van der Waals surface area contributed by atoms with Crippen molar-refractivity contribution < 1.29 is 13.9 Å². The standard InChI is InChI=1S/C17H19FN2O2S/c18-14-5-3-13(4-6-14)16-11-20(7-8-22-16)12-17(21)19-10-15-2-1-9-23-15/h1-6,9,16H,7-8,10-12H2,(H,19,21)/t16-/m0/s1. The molecule has 23 heavy (non-hydrogen) atoms. The molecule has 1 aromatic carbocycles. The maximum Gasteiger partial charge on any atom is 0.234 e. The Bertz CT molecular complexity index is 631. The van der Waals surface area contributed by atoms with E-state index in [2.05, 4.69) is 10.2 Å². The SMILES string of the molecule is O=C(CN1CCO[C@H](c2ccc(F)cc2)C1)NCc1cccs1. The van der Waals surface area contributed by atoms with E-state index >= 15 is 0 Å². The number of nitrogens with one attached hydrogen (secondary N) is 1. The predicted molar refractivity (Wildman–Crippen MR) is 87.7 cm³/mol. The highest BCUT2D eigenvalue weighted by Crippen LogP contribution is 2.22. The van der Waals surface area contributed by atoms with Gasteiger partial charge in [0.05, 0.1) is 25.8 Å². The average molecular weight is 334 g/mol. The summed E-state index contributed by atoms with van der Waals surface area (Å²) in [6, 6.07) is 10.3. The molecule has 1 N–H and O–H groups in total. The highest BCUT2D eigenvalue weighted by molar-refractivity contribution is 7.09. The van der Waals surface area contributed by atoms with Crippen molar-refractivity contribution in [1.29, 1.82) is 0 Å². The Labute approximate surface area is 138 Å². The molecule has 0 unspecified atom stereocenters. The first kappa shape index (κ1) is 16.1. The molecule has 2 aromatic rings. The second kappa shape index (κ2) is 7.68. The molecule has 1 aromatic heterocycles. The number of ether oxygens (including phenoxy) is 1. The van der Waals surface area contributed by atoms with Gasteiger partial charge >= 0.3 is 0 Å². The van der Waals surface area contributed by atoms with E-state index in [1.54, 1.807) is 23.5 Å². The molecule has 1 aliphatic rings. The van der Waals surface area contributed by atoms with Gasteiger partial charge in [-0.05, 0) is 29.1 Å². The van der Waals surface area contributed by atoms with Crippen molar-refractivity contribution in [1.82, 2.24) is 10.2 Å². The zero-order chi connectivity index (χ0) is 16.1. The van der Waals surface area contributed by atoms with Crippen LogP contribution in [0, 0.1) is 5.82 Å². The van der Waals surface area contributed by atoms with Crippen LogP contribution in [0.5, 0.6) is 0 Å². The number of morpholine rings is 1. The molecule has 122 valence electrons. The van der Waals surface area contributed by atoms with E-state index in [-0.39, 0.29) is 17.8 Å². The Morgan fingerprint density at radius 2 is 2.17 bits per heavy atom. The van der Waals surface area contributed by atoms with Gasteiger partial charge in [0.25, 0.3) is 0 Å². The molecule has 1 saturated heterocycles. The van der Waals surface area contributed by atoms with E-state index < -0.39 is 0 Å². The smallest absolute Gasteiger partial charge is 0.234 e. The minimum absolute atomic E-state index is 0.0122. The van der Waals surface area contributed by atoms with Crippen LogP contribution >= 0.6 is 11.3 Å². The minimum Gasteiger partial charge on any atom is -0.371 e. The van der Waals surface area contributed by atoms with Crippen molar-refractivity contribution in [2.24, 2.45) is 0 Å². The van der Waals surface area contributed by atoms with Gasteiger partial charge in [-0.15, -0.1) is 11.3 Å². The van der Waals surface area contributed by atoms with Crippen LogP contribution in [0.25, 0.3) is 0 Å². The van der Waals surface area contributed by atoms with Gasteiger partial charge in [0, 0.05) is 18.0 Å². The van der Waals surface area contributed by atoms with Crippen LogP contribution < -0.4 is 5.32 Å². The normalized spacial score (nSPS) is 18.7. The first-order chi connectivity index (χ1) is 11.2. The molecule has 1 atom stereocenters. The van der Waals surface area contributed by atoms with Gasteiger partial charge in [-0.25, -0.2) is 4.39 Å². The fourth-order valence-corrected chi connectivity index (χ4v) is 3.23. The molecule has 4 nitrogen and oxygen atoms in total. The van der Waals surface area contributed by atoms with E-state index in [0.29, 0.717) is 26.2 Å². The van der Waals surface area contributed by atoms with E-state index in [1.165, 1.54) is 12.1 Å². The molecule has 0 bridgehead atoms.